The van der Waals surface area contributed by atoms with Crippen LogP contribution in [0, 0.1) is 0 Å². The van der Waals surface area contributed by atoms with Crippen molar-refractivity contribution in [2.24, 2.45) is 11.5 Å². The first-order valence-corrected chi connectivity index (χ1v) is 4.51. The summed E-state index contributed by atoms with van der Waals surface area (Å²) in [6.07, 6.45) is 1.47. The van der Waals surface area contributed by atoms with Crippen molar-refractivity contribution in [3.05, 3.63) is 28.8 Å². The number of carbonyl (C=O) groups is 1. The maximum absolute atomic E-state index is 11.1. The van der Waals surface area contributed by atoms with E-state index >= 15 is 0 Å². The highest BCUT2D eigenvalue weighted by Crippen LogP contribution is 2.37. The van der Waals surface area contributed by atoms with Crippen molar-refractivity contribution < 1.29 is 9.90 Å². The molecule has 1 aromatic rings. The Morgan fingerprint density at radius 1 is 1.50 bits per heavy atom. The van der Waals surface area contributed by atoms with Gasteiger partial charge in [-0.25, -0.2) is 0 Å². The van der Waals surface area contributed by atoms with Crippen LogP contribution in [-0.4, -0.2) is 11.0 Å². The zero-order valence-electron chi connectivity index (χ0n) is 7.66. The average molecular weight is 192 g/mol. The quantitative estimate of drug-likeness (QED) is 0.603. The average Bonchev–Trinajstić information content (AvgIpc) is 2.50. The Balaban J connectivity index is 2.66. The summed E-state index contributed by atoms with van der Waals surface area (Å²) in [7, 11) is 0. The number of nitrogens with two attached hydrogens (primary N) is 2. The van der Waals surface area contributed by atoms with E-state index < -0.39 is 5.91 Å². The molecule has 0 heterocycles. The minimum Gasteiger partial charge on any atom is -0.508 e. The van der Waals surface area contributed by atoms with Crippen LogP contribution in [0.5, 0.6) is 5.75 Å². The first-order chi connectivity index (χ1) is 6.61. The Kier molecular flexibility index (Phi) is 1.93. The largest absolute Gasteiger partial charge is 0.508 e. The number of hydrogen-bond acceptors (Lipinski definition) is 3. The molecule has 0 saturated heterocycles. The number of amides is 1. The maximum Gasteiger partial charge on any atom is 0.249 e. The van der Waals surface area contributed by atoms with Gasteiger partial charge in [0, 0.05) is 11.6 Å². The van der Waals surface area contributed by atoms with E-state index in [1.807, 2.05) is 0 Å². The predicted octanol–water partition coefficient (Wildman–Crippen LogP) is 0.437. The molecule has 1 amide bonds. The molecule has 0 unspecified atom stereocenters. The van der Waals surface area contributed by atoms with Crippen LogP contribution >= 0.6 is 0 Å². The second kappa shape index (κ2) is 2.99. The molecule has 4 nitrogen and oxygen atoms in total. The minimum absolute atomic E-state index is 0.181. The van der Waals surface area contributed by atoms with E-state index in [1.165, 1.54) is 12.1 Å². The lowest BCUT2D eigenvalue weighted by Crippen LogP contribution is -2.17. The molecule has 0 saturated carbocycles. The fourth-order valence-electron chi connectivity index (χ4n) is 2.00. The summed E-state index contributed by atoms with van der Waals surface area (Å²) in [6, 6.07) is 2.85. The van der Waals surface area contributed by atoms with E-state index in [9.17, 15) is 9.90 Å². The van der Waals surface area contributed by atoms with E-state index in [4.69, 9.17) is 11.5 Å². The molecule has 0 radical (unpaired) electrons. The maximum atomic E-state index is 11.1. The van der Waals surface area contributed by atoms with Gasteiger partial charge in [-0.3, -0.25) is 4.79 Å². The number of aromatic hydroxyl groups is 1. The van der Waals surface area contributed by atoms with Crippen LogP contribution in [0.25, 0.3) is 0 Å². The molecule has 1 aliphatic carbocycles. The Morgan fingerprint density at radius 2 is 2.21 bits per heavy atom. The van der Waals surface area contributed by atoms with Crippen LogP contribution in [0.2, 0.25) is 0 Å². The zero-order valence-corrected chi connectivity index (χ0v) is 7.66. The third-order valence-corrected chi connectivity index (χ3v) is 2.67. The first-order valence-electron chi connectivity index (χ1n) is 4.51. The number of primary amides is 1. The monoisotopic (exact) mass is 192 g/mol. The molecule has 1 aliphatic rings. The van der Waals surface area contributed by atoms with Crippen molar-refractivity contribution in [1.82, 2.24) is 0 Å². The van der Waals surface area contributed by atoms with Crippen molar-refractivity contribution in [2.75, 3.05) is 0 Å². The normalized spacial score (nSPS) is 19.4. The smallest absolute Gasteiger partial charge is 0.249 e. The van der Waals surface area contributed by atoms with Gasteiger partial charge < -0.3 is 16.6 Å². The number of phenolic OH excluding ortho intramolecular Hbond substituents is 1. The van der Waals surface area contributed by atoms with Gasteiger partial charge in [0.15, 0.2) is 0 Å². The van der Waals surface area contributed by atoms with Gasteiger partial charge in [0.1, 0.15) is 5.75 Å². The summed E-state index contributed by atoms with van der Waals surface area (Å²) >= 11 is 0. The van der Waals surface area contributed by atoms with Crippen molar-refractivity contribution in [1.29, 1.82) is 0 Å². The highest BCUT2D eigenvalue weighted by molar-refractivity contribution is 5.95. The van der Waals surface area contributed by atoms with Crippen LogP contribution in [0.15, 0.2) is 12.1 Å². The van der Waals surface area contributed by atoms with Crippen molar-refractivity contribution in [3.63, 3.8) is 0 Å². The predicted molar refractivity (Wildman–Crippen MR) is 51.9 cm³/mol. The Labute approximate surface area is 81.5 Å². The van der Waals surface area contributed by atoms with Gasteiger partial charge in [0.2, 0.25) is 5.91 Å². The summed E-state index contributed by atoms with van der Waals surface area (Å²) in [5, 5.41) is 9.55. The van der Waals surface area contributed by atoms with E-state index in [1.54, 1.807) is 0 Å². The fourth-order valence-corrected chi connectivity index (χ4v) is 2.00. The molecule has 14 heavy (non-hydrogen) atoms. The van der Waals surface area contributed by atoms with Crippen molar-refractivity contribution in [2.45, 2.75) is 18.9 Å². The summed E-state index contributed by atoms with van der Waals surface area (Å²) in [5.74, 6) is -0.281. The molecule has 74 valence electrons. The number of phenols is 1. The molecule has 5 N–H and O–H groups in total. The molecule has 0 spiro atoms. The number of rotatable bonds is 1. The zero-order chi connectivity index (χ0) is 10.3. The van der Waals surface area contributed by atoms with Crippen LogP contribution in [0.1, 0.15) is 33.9 Å². The Bertz CT molecular complexity index is 401. The van der Waals surface area contributed by atoms with Gasteiger partial charge in [0.25, 0.3) is 0 Å². The number of benzene rings is 1. The molecule has 4 heteroatoms. The first kappa shape index (κ1) is 9.02. The fraction of sp³-hybridized carbons (Fsp3) is 0.300. The topological polar surface area (TPSA) is 89.3 Å². The second-order valence-corrected chi connectivity index (χ2v) is 3.53. The van der Waals surface area contributed by atoms with Gasteiger partial charge in [-0.1, -0.05) is 0 Å². The van der Waals surface area contributed by atoms with E-state index in [2.05, 4.69) is 0 Å². The van der Waals surface area contributed by atoms with Gasteiger partial charge in [-0.15, -0.1) is 0 Å². The SMILES string of the molecule is NC(=O)c1ccc(O)c2c1[C@H](N)CC2. The van der Waals surface area contributed by atoms with E-state index in [0.29, 0.717) is 12.0 Å². The van der Waals surface area contributed by atoms with Gasteiger partial charge in [-0.2, -0.15) is 0 Å². The molecule has 1 aromatic carbocycles. The molecular weight excluding hydrogens is 180 g/mol. The molecule has 2 rings (SSSR count). The Morgan fingerprint density at radius 3 is 2.86 bits per heavy atom. The lowest BCUT2D eigenvalue weighted by atomic mass is 10.00. The standard InChI is InChI=1S/C10H12N2O2/c11-7-3-1-5-8(13)4-2-6(9(5)7)10(12)14/h2,4,7,13H,1,3,11H2,(H2,12,14)/t7-/m1/s1. The summed E-state index contributed by atoms with van der Waals surface area (Å²) in [6.45, 7) is 0. The molecule has 0 fully saturated rings. The summed E-state index contributed by atoms with van der Waals surface area (Å²) in [4.78, 5) is 11.1. The van der Waals surface area contributed by atoms with Crippen LogP contribution in [0.3, 0.4) is 0 Å². The minimum atomic E-state index is -0.487. The van der Waals surface area contributed by atoms with Crippen molar-refractivity contribution >= 4 is 5.91 Å². The van der Waals surface area contributed by atoms with E-state index in [0.717, 1.165) is 17.5 Å². The second-order valence-electron chi connectivity index (χ2n) is 3.53. The number of fused-ring (bicyclic) bond motifs is 1. The molecule has 0 bridgehead atoms. The highest BCUT2D eigenvalue weighted by Gasteiger charge is 2.26. The highest BCUT2D eigenvalue weighted by atomic mass is 16.3. The van der Waals surface area contributed by atoms with Crippen LogP contribution < -0.4 is 11.5 Å². The summed E-state index contributed by atoms with van der Waals surface area (Å²) in [5.41, 5.74) is 13.0. The van der Waals surface area contributed by atoms with Crippen LogP contribution in [-0.2, 0) is 6.42 Å². The Hall–Kier alpha value is -1.55. The molecule has 0 aliphatic heterocycles. The third kappa shape index (κ3) is 1.15. The number of hydrogen-bond donors (Lipinski definition) is 3. The van der Waals surface area contributed by atoms with Crippen LogP contribution in [0.4, 0.5) is 0 Å². The lowest BCUT2D eigenvalue weighted by Gasteiger charge is -2.10. The van der Waals surface area contributed by atoms with Gasteiger partial charge in [0.05, 0.1) is 0 Å². The molecular formula is C10H12N2O2. The van der Waals surface area contributed by atoms with E-state index in [-0.39, 0.29) is 11.8 Å². The van der Waals surface area contributed by atoms with Gasteiger partial charge >= 0.3 is 0 Å². The summed E-state index contributed by atoms with van der Waals surface area (Å²) < 4.78 is 0. The van der Waals surface area contributed by atoms with Crippen molar-refractivity contribution in [3.8, 4) is 5.75 Å². The third-order valence-electron chi connectivity index (χ3n) is 2.67. The molecule has 0 aromatic heterocycles. The molecule has 1 atom stereocenters. The lowest BCUT2D eigenvalue weighted by molar-refractivity contribution is 0.0999. The number of carbonyl (C=O) groups excluding carboxylic acids is 1. The van der Waals surface area contributed by atoms with Gasteiger partial charge in [-0.05, 0) is 36.1 Å².